The van der Waals surface area contributed by atoms with E-state index in [0.29, 0.717) is 38.5 Å². The molecule has 27 heavy (non-hydrogen) atoms. The minimum atomic E-state index is -3.44. The van der Waals surface area contributed by atoms with Crippen molar-refractivity contribution in [1.82, 2.24) is 4.31 Å². The van der Waals surface area contributed by atoms with Crippen molar-refractivity contribution in [3.05, 3.63) is 70.9 Å². The lowest BCUT2D eigenvalue weighted by molar-refractivity contribution is -0.917. The summed E-state index contributed by atoms with van der Waals surface area (Å²) in [6.45, 7) is 2.81. The topological polar surface area (TPSA) is 51.1 Å². The van der Waals surface area contributed by atoms with Crippen molar-refractivity contribution < 1.29 is 22.4 Å². The van der Waals surface area contributed by atoms with Gasteiger partial charge in [-0.1, -0.05) is 30.3 Å². The summed E-state index contributed by atoms with van der Waals surface area (Å²) in [7, 11) is -1.88. The lowest BCUT2D eigenvalue weighted by Gasteiger charge is -2.31. The van der Waals surface area contributed by atoms with E-state index in [-0.39, 0.29) is 5.82 Å². The van der Waals surface area contributed by atoms with Gasteiger partial charge in [0.25, 0.3) is 0 Å². The van der Waals surface area contributed by atoms with Crippen LogP contribution in [0.4, 0.5) is 4.39 Å². The maximum atomic E-state index is 13.5. The molecule has 0 atom stereocenters. The van der Waals surface area contributed by atoms with Crippen molar-refractivity contribution in [3.8, 4) is 5.75 Å². The molecule has 1 saturated heterocycles. The maximum Gasteiger partial charge on any atom is 0.236 e. The number of hydrogen-bond donors (Lipinski definition) is 1. The van der Waals surface area contributed by atoms with Crippen molar-refractivity contribution in [2.24, 2.45) is 0 Å². The van der Waals surface area contributed by atoms with Gasteiger partial charge in [0.2, 0.25) is 10.0 Å². The molecule has 144 valence electrons. The average Bonchev–Trinajstić information content (AvgIpc) is 2.68. The third kappa shape index (κ3) is 5.15. The number of rotatable bonds is 6. The third-order valence-electron chi connectivity index (χ3n) is 4.70. The zero-order valence-electron chi connectivity index (χ0n) is 15.3. The molecule has 1 fully saturated rings. The van der Waals surface area contributed by atoms with Gasteiger partial charge in [0.1, 0.15) is 18.1 Å². The molecular formula is C20H24FN2O3S+. The van der Waals surface area contributed by atoms with Gasteiger partial charge in [-0.15, -0.1) is 0 Å². The number of hydrogen-bond acceptors (Lipinski definition) is 3. The van der Waals surface area contributed by atoms with Crippen LogP contribution < -0.4 is 9.64 Å². The molecule has 2 aromatic rings. The van der Waals surface area contributed by atoms with Crippen LogP contribution in [0.25, 0.3) is 6.08 Å². The van der Waals surface area contributed by atoms with Gasteiger partial charge in [-0.05, 0) is 29.8 Å². The molecule has 5 nitrogen and oxygen atoms in total. The van der Waals surface area contributed by atoms with E-state index in [1.807, 2.05) is 30.3 Å². The van der Waals surface area contributed by atoms with E-state index in [1.165, 1.54) is 26.7 Å². The first-order valence-corrected chi connectivity index (χ1v) is 10.4. The summed E-state index contributed by atoms with van der Waals surface area (Å²) >= 11 is 0. The van der Waals surface area contributed by atoms with Crippen LogP contribution in [0.15, 0.2) is 53.9 Å². The van der Waals surface area contributed by atoms with E-state index >= 15 is 0 Å². The van der Waals surface area contributed by atoms with Gasteiger partial charge in [-0.25, -0.2) is 12.8 Å². The summed E-state index contributed by atoms with van der Waals surface area (Å²) in [6, 6.07) is 13.8. The first kappa shape index (κ1) is 19.5. The summed E-state index contributed by atoms with van der Waals surface area (Å²) in [5, 5.41) is 1.27. The number of benzene rings is 2. The molecule has 0 saturated carbocycles. The molecular weight excluding hydrogens is 367 g/mol. The van der Waals surface area contributed by atoms with Gasteiger partial charge in [0.15, 0.2) is 0 Å². The van der Waals surface area contributed by atoms with E-state index < -0.39 is 10.0 Å². The Kier molecular flexibility index (Phi) is 6.26. The Morgan fingerprint density at radius 2 is 1.85 bits per heavy atom. The van der Waals surface area contributed by atoms with E-state index in [1.54, 1.807) is 19.3 Å². The van der Waals surface area contributed by atoms with Gasteiger partial charge < -0.3 is 9.64 Å². The summed E-state index contributed by atoms with van der Waals surface area (Å²) < 4.78 is 45.4. The van der Waals surface area contributed by atoms with Crippen molar-refractivity contribution in [2.75, 3.05) is 33.3 Å². The second-order valence-corrected chi connectivity index (χ2v) is 8.36. The van der Waals surface area contributed by atoms with Gasteiger partial charge >= 0.3 is 0 Å². The first-order valence-electron chi connectivity index (χ1n) is 8.87. The van der Waals surface area contributed by atoms with E-state index in [4.69, 9.17) is 4.74 Å². The van der Waals surface area contributed by atoms with E-state index in [2.05, 4.69) is 0 Å². The minimum Gasteiger partial charge on any atom is -0.496 e. The SMILES string of the molecule is COc1ccc(F)cc1C[NH+]1CCN(S(=O)(=O)/C=C/c2ccccc2)CC1. The van der Waals surface area contributed by atoms with Gasteiger partial charge in [-0.3, -0.25) is 0 Å². The Labute approximate surface area is 159 Å². The van der Waals surface area contributed by atoms with Crippen LogP contribution in [0.3, 0.4) is 0 Å². The summed E-state index contributed by atoms with van der Waals surface area (Å²) in [6.07, 6.45) is 1.62. The van der Waals surface area contributed by atoms with Crippen LogP contribution in [-0.2, 0) is 16.6 Å². The smallest absolute Gasteiger partial charge is 0.236 e. The molecule has 3 rings (SSSR count). The first-order chi connectivity index (χ1) is 13.0. The average molecular weight is 391 g/mol. The zero-order chi connectivity index (χ0) is 19.3. The summed E-state index contributed by atoms with van der Waals surface area (Å²) in [4.78, 5) is 1.21. The van der Waals surface area contributed by atoms with Crippen molar-refractivity contribution in [2.45, 2.75) is 6.54 Å². The molecule has 1 aliphatic rings. The predicted molar refractivity (Wildman–Crippen MR) is 103 cm³/mol. The summed E-state index contributed by atoms with van der Waals surface area (Å²) in [5.74, 6) is 0.363. The summed E-state index contributed by atoms with van der Waals surface area (Å²) in [5.41, 5.74) is 1.65. The lowest BCUT2D eigenvalue weighted by atomic mass is 10.1. The maximum absolute atomic E-state index is 13.5. The highest BCUT2D eigenvalue weighted by atomic mass is 32.2. The number of nitrogens with zero attached hydrogens (tertiary/aromatic N) is 1. The zero-order valence-corrected chi connectivity index (χ0v) is 16.1. The highest BCUT2D eigenvalue weighted by Gasteiger charge is 2.28. The van der Waals surface area contributed by atoms with Gasteiger partial charge in [0.05, 0.1) is 38.9 Å². The fourth-order valence-electron chi connectivity index (χ4n) is 3.20. The van der Waals surface area contributed by atoms with Crippen molar-refractivity contribution in [3.63, 3.8) is 0 Å². The molecule has 0 amide bonds. The van der Waals surface area contributed by atoms with Gasteiger partial charge in [0, 0.05) is 5.41 Å². The van der Waals surface area contributed by atoms with Crippen LogP contribution in [0.5, 0.6) is 5.75 Å². The number of sulfonamides is 1. The Morgan fingerprint density at radius 3 is 2.52 bits per heavy atom. The number of methoxy groups -OCH3 is 1. The molecule has 1 aliphatic heterocycles. The normalized spacial score (nSPS) is 16.7. The second kappa shape index (κ2) is 8.65. The second-order valence-electron chi connectivity index (χ2n) is 6.54. The Balaban J connectivity index is 1.60. The molecule has 1 N–H and O–H groups in total. The molecule has 2 aromatic carbocycles. The Bertz CT molecular complexity index is 893. The molecule has 0 aromatic heterocycles. The van der Waals surface area contributed by atoms with Crippen molar-refractivity contribution in [1.29, 1.82) is 0 Å². The molecule has 0 spiro atoms. The molecule has 0 bridgehead atoms. The van der Waals surface area contributed by atoms with Crippen LogP contribution >= 0.6 is 0 Å². The van der Waals surface area contributed by atoms with Gasteiger partial charge in [-0.2, -0.15) is 4.31 Å². The van der Waals surface area contributed by atoms with E-state index in [0.717, 1.165) is 11.1 Å². The number of halogens is 1. The molecule has 7 heteroatoms. The standard InChI is InChI=1S/C20H23FN2O3S/c1-26-20-8-7-19(21)15-18(20)16-22-10-12-23(13-11-22)27(24,25)14-9-17-5-3-2-4-6-17/h2-9,14-15H,10-13,16H2,1H3/p+1/b14-9+. The minimum absolute atomic E-state index is 0.294. The molecule has 0 radical (unpaired) electrons. The predicted octanol–water partition coefficient (Wildman–Crippen LogP) is 1.54. The van der Waals surface area contributed by atoms with Crippen LogP contribution in [-0.4, -0.2) is 46.0 Å². The monoisotopic (exact) mass is 391 g/mol. The fourth-order valence-corrected chi connectivity index (χ4v) is 4.40. The number of ether oxygens (including phenoxy) is 1. The number of piperazine rings is 1. The molecule has 1 heterocycles. The van der Waals surface area contributed by atoms with E-state index in [9.17, 15) is 12.8 Å². The lowest BCUT2D eigenvalue weighted by Crippen LogP contribution is -3.13. The largest absolute Gasteiger partial charge is 0.496 e. The highest BCUT2D eigenvalue weighted by Crippen LogP contribution is 2.18. The highest BCUT2D eigenvalue weighted by molar-refractivity contribution is 7.92. The Morgan fingerprint density at radius 1 is 1.15 bits per heavy atom. The van der Waals surface area contributed by atoms with Crippen LogP contribution in [0.1, 0.15) is 11.1 Å². The fraction of sp³-hybridized carbons (Fsp3) is 0.300. The van der Waals surface area contributed by atoms with Crippen LogP contribution in [0.2, 0.25) is 0 Å². The quantitative estimate of drug-likeness (QED) is 0.813. The number of quaternary nitrogens is 1. The van der Waals surface area contributed by atoms with Crippen molar-refractivity contribution >= 4 is 16.1 Å². The molecule has 0 unspecified atom stereocenters. The third-order valence-corrected chi connectivity index (χ3v) is 6.27. The Hall–Kier alpha value is -2.22. The van der Waals surface area contributed by atoms with Crippen LogP contribution in [0, 0.1) is 5.82 Å². The molecule has 0 aliphatic carbocycles. The number of nitrogens with one attached hydrogen (secondary N) is 1.